The van der Waals surface area contributed by atoms with E-state index in [0.717, 1.165) is 31.5 Å². The van der Waals surface area contributed by atoms with Gasteiger partial charge in [0.15, 0.2) is 0 Å². The molecule has 0 saturated carbocycles. The van der Waals surface area contributed by atoms with Gasteiger partial charge in [-0.05, 0) is 87.2 Å². The van der Waals surface area contributed by atoms with Crippen molar-refractivity contribution >= 4 is 37.5 Å². The molecular formula is C16H17Br2NO2. The number of benzene rings is 2. The molecule has 0 aliphatic carbocycles. The summed E-state index contributed by atoms with van der Waals surface area (Å²) in [6, 6.07) is 9.56. The van der Waals surface area contributed by atoms with Gasteiger partial charge in [-0.3, -0.25) is 0 Å². The van der Waals surface area contributed by atoms with Crippen molar-refractivity contribution in [2.24, 2.45) is 0 Å². The number of hydrogen-bond donors (Lipinski definition) is 2. The van der Waals surface area contributed by atoms with Gasteiger partial charge in [-0.25, -0.2) is 0 Å². The van der Waals surface area contributed by atoms with Crippen molar-refractivity contribution in [2.45, 2.75) is 20.4 Å². The number of nitrogens with one attached hydrogen (secondary N) is 1. The fourth-order valence-electron chi connectivity index (χ4n) is 1.97. The Morgan fingerprint density at radius 2 is 1.81 bits per heavy atom. The Morgan fingerprint density at radius 1 is 1.14 bits per heavy atom. The molecule has 0 aromatic heterocycles. The fraction of sp³-hybridized carbons (Fsp3) is 0.250. The molecule has 2 rings (SSSR count). The standard InChI is InChI=1S/C16H17Br2NO2/c1-3-21-16-13(17)7-11(8-14(16)18)9-19-12-4-5-15(20)10(2)6-12/h4-8,19-20H,3,9H2,1-2H3. The fourth-order valence-corrected chi connectivity index (χ4v) is 3.48. The van der Waals surface area contributed by atoms with Crippen LogP contribution >= 0.6 is 31.9 Å². The van der Waals surface area contributed by atoms with E-state index in [1.54, 1.807) is 6.07 Å². The maximum Gasteiger partial charge on any atom is 0.147 e. The zero-order valence-corrected chi connectivity index (χ0v) is 15.1. The van der Waals surface area contributed by atoms with Gasteiger partial charge in [0.2, 0.25) is 0 Å². The lowest BCUT2D eigenvalue weighted by Crippen LogP contribution is -2.01. The first kappa shape index (κ1) is 16.2. The third-order valence-electron chi connectivity index (χ3n) is 3.04. The summed E-state index contributed by atoms with van der Waals surface area (Å²) < 4.78 is 7.43. The molecule has 2 aromatic rings. The Balaban J connectivity index is 2.11. The quantitative estimate of drug-likeness (QED) is 0.657. The zero-order chi connectivity index (χ0) is 15.4. The minimum Gasteiger partial charge on any atom is -0.508 e. The molecule has 3 nitrogen and oxygen atoms in total. The summed E-state index contributed by atoms with van der Waals surface area (Å²) in [5, 5.41) is 12.9. The zero-order valence-electron chi connectivity index (χ0n) is 11.9. The van der Waals surface area contributed by atoms with Gasteiger partial charge in [-0.15, -0.1) is 0 Å². The van der Waals surface area contributed by atoms with Crippen molar-refractivity contribution in [3.63, 3.8) is 0 Å². The molecule has 0 amide bonds. The second kappa shape index (κ2) is 7.18. The Bertz CT molecular complexity index is 621. The van der Waals surface area contributed by atoms with Crippen LogP contribution in [-0.4, -0.2) is 11.7 Å². The van der Waals surface area contributed by atoms with Gasteiger partial charge in [0.25, 0.3) is 0 Å². The molecule has 0 spiro atoms. The Morgan fingerprint density at radius 3 is 2.38 bits per heavy atom. The molecule has 0 aliphatic rings. The first-order valence-corrected chi connectivity index (χ1v) is 8.24. The summed E-state index contributed by atoms with van der Waals surface area (Å²) in [5.74, 6) is 1.13. The molecule has 112 valence electrons. The normalized spacial score (nSPS) is 10.5. The number of aromatic hydroxyl groups is 1. The minimum absolute atomic E-state index is 0.312. The number of hydrogen-bond acceptors (Lipinski definition) is 3. The van der Waals surface area contributed by atoms with E-state index in [9.17, 15) is 5.11 Å². The summed E-state index contributed by atoms with van der Waals surface area (Å²) in [7, 11) is 0. The topological polar surface area (TPSA) is 41.5 Å². The van der Waals surface area contributed by atoms with Crippen LogP contribution in [0.4, 0.5) is 5.69 Å². The van der Waals surface area contributed by atoms with Crippen molar-refractivity contribution in [1.29, 1.82) is 0 Å². The van der Waals surface area contributed by atoms with Crippen LogP contribution in [0.1, 0.15) is 18.1 Å². The molecule has 0 radical (unpaired) electrons. The SMILES string of the molecule is CCOc1c(Br)cc(CNc2ccc(O)c(C)c2)cc1Br. The van der Waals surface area contributed by atoms with E-state index < -0.39 is 0 Å². The van der Waals surface area contributed by atoms with Crippen LogP contribution in [0.2, 0.25) is 0 Å². The third kappa shape index (κ3) is 4.14. The van der Waals surface area contributed by atoms with E-state index in [1.165, 1.54) is 0 Å². The lowest BCUT2D eigenvalue weighted by atomic mass is 10.2. The van der Waals surface area contributed by atoms with Gasteiger partial charge in [-0.2, -0.15) is 0 Å². The molecule has 0 saturated heterocycles. The maximum absolute atomic E-state index is 9.53. The molecule has 0 unspecified atom stereocenters. The van der Waals surface area contributed by atoms with E-state index in [0.29, 0.717) is 18.9 Å². The van der Waals surface area contributed by atoms with Crippen LogP contribution in [0.5, 0.6) is 11.5 Å². The van der Waals surface area contributed by atoms with E-state index in [1.807, 2.05) is 38.1 Å². The van der Waals surface area contributed by atoms with Gasteiger partial charge < -0.3 is 15.2 Å². The van der Waals surface area contributed by atoms with Crippen LogP contribution in [0.15, 0.2) is 39.3 Å². The van der Waals surface area contributed by atoms with Crippen LogP contribution < -0.4 is 10.1 Å². The van der Waals surface area contributed by atoms with Gasteiger partial charge in [0.05, 0.1) is 15.6 Å². The molecule has 0 bridgehead atoms. The number of phenols is 1. The first-order valence-electron chi connectivity index (χ1n) is 6.65. The van der Waals surface area contributed by atoms with Gasteiger partial charge >= 0.3 is 0 Å². The van der Waals surface area contributed by atoms with Crippen molar-refractivity contribution in [1.82, 2.24) is 0 Å². The molecule has 5 heteroatoms. The molecule has 2 N–H and O–H groups in total. The molecular weight excluding hydrogens is 398 g/mol. The first-order chi connectivity index (χ1) is 10.0. The predicted octanol–water partition coefficient (Wildman–Crippen LogP) is 5.24. The smallest absolute Gasteiger partial charge is 0.147 e. The van der Waals surface area contributed by atoms with E-state index in [2.05, 4.69) is 37.2 Å². The number of rotatable bonds is 5. The Kier molecular flexibility index (Phi) is 5.53. The molecule has 0 fully saturated rings. The summed E-state index contributed by atoms with van der Waals surface area (Å²) in [4.78, 5) is 0. The Labute approximate surface area is 141 Å². The monoisotopic (exact) mass is 413 g/mol. The second-order valence-electron chi connectivity index (χ2n) is 4.68. The molecule has 21 heavy (non-hydrogen) atoms. The van der Waals surface area contributed by atoms with Gasteiger partial charge in [0, 0.05) is 12.2 Å². The predicted molar refractivity (Wildman–Crippen MR) is 93.2 cm³/mol. The summed E-state index contributed by atoms with van der Waals surface area (Å²) in [5.41, 5.74) is 2.96. The highest BCUT2D eigenvalue weighted by molar-refractivity contribution is 9.11. The van der Waals surface area contributed by atoms with Crippen molar-refractivity contribution in [3.8, 4) is 11.5 Å². The number of halogens is 2. The van der Waals surface area contributed by atoms with Crippen LogP contribution in [0, 0.1) is 6.92 Å². The summed E-state index contributed by atoms with van der Waals surface area (Å²) in [6.07, 6.45) is 0. The van der Waals surface area contributed by atoms with E-state index in [4.69, 9.17) is 4.74 Å². The highest BCUT2D eigenvalue weighted by atomic mass is 79.9. The average Bonchev–Trinajstić information content (AvgIpc) is 2.44. The molecule has 0 heterocycles. The van der Waals surface area contributed by atoms with Crippen LogP contribution in [0.25, 0.3) is 0 Å². The molecule has 0 aliphatic heterocycles. The molecule has 2 aromatic carbocycles. The van der Waals surface area contributed by atoms with Crippen molar-refractivity contribution in [2.75, 3.05) is 11.9 Å². The van der Waals surface area contributed by atoms with Gasteiger partial charge in [-0.1, -0.05) is 0 Å². The minimum atomic E-state index is 0.312. The lowest BCUT2D eigenvalue weighted by Gasteiger charge is -2.12. The van der Waals surface area contributed by atoms with Gasteiger partial charge in [0.1, 0.15) is 11.5 Å². The van der Waals surface area contributed by atoms with Crippen LogP contribution in [-0.2, 0) is 6.54 Å². The average molecular weight is 415 g/mol. The van der Waals surface area contributed by atoms with Crippen molar-refractivity contribution < 1.29 is 9.84 Å². The highest BCUT2D eigenvalue weighted by Gasteiger charge is 2.08. The molecule has 0 atom stereocenters. The third-order valence-corrected chi connectivity index (χ3v) is 4.22. The number of anilines is 1. The number of phenolic OH excluding ortho intramolecular Hbond substituents is 1. The van der Waals surface area contributed by atoms with E-state index in [-0.39, 0.29) is 0 Å². The Hall–Kier alpha value is -1.20. The van der Waals surface area contributed by atoms with Crippen molar-refractivity contribution in [3.05, 3.63) is 50.4 Å². The second-order valence-corrected chi connectivity index (χ2v) is 6.39. The lowest BCUT2D eigenvalue weighted by molar-refractivity contribution is 0.336. The number of ether oxygens (including phenoxy) is 1. The largest absolute Gasteiger partial charge is 0.508 e. The van der Waals surface area contributed by atoms with Crippen LogP contribution in [0.3, 0.4) is 0 Å². The highest BCUT2D eigenvalue weighted by Crippen LogP contribution is 2.35. The summed E-state index contributed by atoms with van der Waals surface area (Å²) in [6.45, 7) is 5.15. The van der Waals surface area contributed by atoms with E-state index >= 15 is 0 Å². The summed E-state index contributed by atoms with van der Waals surface area (Å²) >= 11 is 7.06. The maximum atomic E-state index is 9.53. The number of aryl methyl sites for hydroxylation is 1.